The van der Waals surface area contributed by atoms with Crippen LogP contribution in [0.25, 0.3) is 0 Å². The summed E-state index contributed by atoms with van der Waals surface area (Å²) < 4.78 is 34.1. The van der Waals surface area contributed by atoms with Gasteiger partial charge >= 0.3 is 5.97 Å². The number of hydrogen-bond acceptors (Lipinski definition) is 14. The van der Waals surface area contributed by atoms with Crippen LogP contribution >= 0.6 is 0 Å². The fourth-order valence-electron chi connectivity index (χ4n) is 7.00. The van der Waals surface area contributed by atoms with Crippen molar-refractivity contribution in [3.05, 3.63) is 48.6 Å². The fraction of sp³-hybridized carbons (Fsp3) is 0.809. The van der Waals surface area contributed by atoms with Gasteiger partial charge in [0.15, 0.2) is 12.6 Å². The average molecular weight is 871 g/mol. The molecule has 354 valence electrons. The molecule has 0 aromatic rings. The lowest BCUT2D eigenvalue weighted by Crippen LogP contribution is -2.61. The number of hydrogen-bond donors (Lipinski definition) is 7. The number of esters is 1. The van der Waals surface area contributed by atoms with Crippen LogP contribution in [0.3, 0.4) is 0 Å². The zero-order valence-corrected chi connectivity index (χ0v) is 37.1. The van der Waals surface area contributed by atoms with Crippen LogP contribution in [0, 0.1) is 0 Å². The van der Waals surface area contributed by atoms with Crippen LogP contribution in [-0.2, 0) is 33.2 Å². The molecule has 2 saturated heterocycles. The molecule has 0 spiro atoms. The molecule has 2 fully saturated rings. The summed E-state index contributed by atoms with van der Waals surface area (Å²) in [6.45, 7) is 3.48. The van der Waals surface area contributed by atoms with E-state index < -0.39 is 86.7 Å². The molecule has 14 nitrogen and oxygen atoms in total. The van der Waals surface area contributed by atoms with Crippen LogP contribution in [0.5, 0.6) is 0 Å². The van der Waals surface area contributed by atoms with E-state index in [1.165, 1.54) is 51.4 Å². The number of aliphatic hydroxyl groups is 7. The third-order valence-corrected chi connectivity index (χ3v) is 10.8. The number of carbonyl (C=O) groups excluding carboxylic acids is 1. The molecule has 2 aliphatic heterocycles. The van der Waals surface area contributed by atoms with Gasteiger partial charge in [-0.25, -0.2) is 0 Å². The molecule has 2 aliphatic rings. The Morgan fingerprint density at radius 3 is 1.69 bits per heavy atom. The highest BCUT2D eigenvalue weighted by Gasteiger charge is 2.47. The molecule has 11 unspecified atom stereocenters. The topological polar surface area (TPSA) is 214 Å². The molecule has 0 bridgehead atoms. The summed E-state index contributed by atoms with van der Waals surface area (Å²) in [5.74, 6) is -0.410. The van der Waals surface area contributed by atoms with E-state index in [0.29, 0.717) is 13.0 Å². The van der Waals surface area contributed by atoms with Crippen molar-refractivity contribution in [1.82, 2.24) is 0 Å². The number of ether oxygens (including phenoxy) is 6. The first kappa shape index (κ1) is 55.1. The zero-order valence-electron chi connectivity index (χ0n) is 37.1. The van der Waals surface area contributed by atoms with Gasteiger partial charge in [-0.15, -0.1) is 0 Å². The predicted octanol–water partition coefficient (Wildman–Crippen LogP) is 5.62. The van der Waals surface area contributed by atoms with E-state index in [1.54, 1.807) is 0 Å². The van der Waals surface area contributed by atoms with Crippen LogP contribution in [0.15, 0.2) is 48.6 Å². The lowest BCUT2D eigenvalue weighted by atomic mass is 9.98. The molecule has 0 radical (unpaired) electrons. The zero-order chi connectivity index (χ0) is 44.5. The lowest BCUT2D eigenvalue weighted by Gasteiger charge is -2.42. The highest BCUT2D eigenvalue weighted by Crippen LogP contribution is 2.26. The van der Waals surface area contributed by atoms with Crippen molar-refractivity contribution in [1.29, 1.82) is 0 Å². The van der Waals surface area contributed by atoms with Crippen LogP contribution in [0.1, 0.15) is 142 Å². The number of unbranched alkanes of at least 4 members (excludes halogenated alkanes) is 13. The van der Waals surface area contributed by atoms with Crippen molar-refractivity contribution in [2.45, 2.75) is 210 Å². The first-order valence-corrected chi connectivity index (χ1v) is 23.2. The maximum atomic E-state index is 12.9. The molecule has 14 heteroatoms. The van der Waals surface area contributed by atoms with Crippen molar-refractivity contribution in [2.24, 2.45) is 0 Å². The highest BCUT2D eigenvalue weighted by molar-refractivity contribution is 5.69. The van der Waals surface area contributed by atoms with E-state index in [4.69, 9.17) is 28.4 Å². The van der Waals surface area contributed by atoms with Gasteiger partial charge in [0.2, 0.25) is 0 Å². The molecule has 0 aromatic carbocycles. The number of allylic oxidation sites excluding steroid dienone is 8. The Bertz CT molecular complexity index is 1190. The summed E-state index contributed by atoms with van der Waals surface area (Å²) >= 11 is 0. The smallest absolute Gasteiger partial charge is 0.306 e. The first-order valence-electron chi connectivity index (χ1n) is 23.2. The summed E-state index contributed by atoms with van der Waals surface area (Å²) in [7, 11) is 0. The van der Waals surface area contributed by atoms with Crippen LogP contribution in [0.4, 0.5) is 0 Å². The van der Waals surface area contributed by atoms with Crippen LogP contribution < -0.4 is 0 Å². The highest BCUT2D eigenvalue weighted by atomic mass is 16.7. The summed E-state index contributed by atoms with van der Waals surface area (Å²) in [5, 5.41) is 71.9. The second-order valence-electron chi connectivity index (χ2n) is 16.2. The minimum atomic E-state index is -1.71. The quantitative estimate of drug-likeness (QED) is 0.0234. The van der Waals surface area contributed by atoms with Gasteiger partial charge in [-0.1, -0.05) is 114 Å². The molecule has 7 N–H and O–H groups in total. The second-order valence-corrected chi connectivity index (χ2v) is 16.2. The molecule has 0 saturated carbocycles. The maximum absolute atomic E-state index is 12.9. The van der Waals surface area contributed by atoms with Gasteiger partial charge in [-0.2, -0.15) is 0 Å². The van der Waals surface area contributed by atoms with Crippen LogP contribution in [0.2, 0.25) is 0 Å². The van der Waals surface area contributed by atoms with E-state index in [-0.39, 0.29) is 19.6 Å². The van der Waals surface area contributed by atoms with Crippen molar-refractivity contribution in [3.63, 3.8) is 0 Å². The van der Waals surface area contributed by atoms with E-state index in [9.17, 15) is 40.5 Å². The largest absolute Gasteiger partial charge is 0.457 e. The van der Waals surface area contributed by atoms with Gasteiger partial charge in [-0.3, -0.25) is 4.79 Å². The Balaban J connectivity index is 1.83. The van der Waals surface area contributed by atoms with Gasteiger partial charge in [-0.05, 0) is 70.6 Å². The number of rotatable bonds is 35. The fourth-order valence-corrected chi connectivity index (χ4v) is 7.00. The molecular formula is C47H82O14. The van der Waals surface area contributed by atoms with Crippen molar-refractivity contribution >= 4 is 5.97 Å². The summed E-state index contributed by atoms with van der Waals surface area (Å²) in [6.07, 6.45) is 21.8. The molecule has 2 heterocycles. The number of aliphatic hydroxyl groups excluding tert-OH is 7. The predicted molar refractivity (Wildman–Crippen MR) is 233 cm³/mol. The van der Waals surface area contributed by atoms with Gasteiger partial charge in [0, 0.05) is 13.0 Å². The second kappa shape index (κ2) is 35.3. The summed E-state index contributed by atoms with van der Waals surface area (Å²) in [6, 6.07) is 0. The minimum absolute atomic E-state index is 0.0439. The summed E-state index contributed by atoms with van der Waals surface area (Å²) in [4.78, 5) is 12.9. The third-order valence-electron chi connectivity index (χ3n) is 10.8. The standard InChI is InChI=1S/C47H82O14/c1-3-5-7-9-11-13-15-17-19-21-23-25-27-29-31-56-33-36(59-39(49)30-28-26-24-22-20-18-16-14-12-10-8-6-4-2)34-57-46-45(55)43(53)41(51)38(61-46)35-58-47-44(54)42(52)40(50)37(32-48)60-47/h6,8,12-15,18,20,36-38,40-48,50-55H,3-5,7,9-11,16-17,19,21-35H2,1-2H3/b8-6-,14-12-,15-13-,20-18-. The van der Waals surface area contributed by atoms with Gasteiger partial charge in [0.1, 0.15) is 54.9 Å². The van der Waals surface area contributed by atoms with Crippen molar-refractivity contribution in [2.75, 3.05) is 33.0 Å². The lowest BCUT2D eigenvalue weighted by molar-refractivity contribution is -0.332. The molecule has 2 rings (SSSR count). The third kappa shape index (κ3) is 24.0. The van der Waals surface area contributed by atoms with Crippen LogP contribution in [-0.4, -0.2) is 142 Å². The normalized spacial score (nSPS) is 27.9. The Morgan fingerprint density at radius 1 is 0.557 bits per heavy atom. The Hall–Kier alpha value is -2.05. The molecular weight excluding hydrogens is 789 g/mol. The Kier molecular flexibility index (Phi) is 31.9. The molecule has 11 atom stereocenters. The van der Waals surface area contributed by atoms with Crippen molar-refractivity contribution < 1.29 is 69.0 Å². The molecule has 0 aromatic heterocycles. The van der Waals surface area contributed by atoms with Gasteiger partial charge < -0.3 is 64.2 Å². The van der Waals surface area contributed by atoms with E-state index in [2.05, 4.69) is 62.5 Å². The Labute approximate surface area is 365 Å². The Morgan fingerprint density at radius 2 is 1.07 bits per heavy atom. The maximum Gasteiger partial charge on any atom is 0.306 e. The first-order chi connectivity index (χ1) is 29.6. The monoisotopic (exact) mass is 871 g/mol. The average Bonchev–Trinajstić information content (AvgIpc) is 3.25. The van der Waals surface area contributed by atoms with E-state index >= 15 is 0 Å². The summed E-state index contributed by atoms with van der Waals surface area (Å²) in [5.41, 5.74) is 0. The van der Waals surface area contributed by atoms with Crippen molar-refractivity contribution in [3.8, 4) is 0 Å². The van der Waals surface area contributed by atoms with E-state index in [1.807, 2.05) is 0 Å². The SMILES string of the molecule is CC/C=C\C/C=C\C/C=C\CCCCCC(=O)OC(COCCCCCCCC/C=C\CCCCCC)COC1OC(COC2OC(CO)C(O)C(O)C2O)C(O)C(O)C1O. The molecule has 61 heavy (non-hydrogen) atoms. The molecule has 0 aliphatic carbocycles. The van der Waals surface area contributed by atoms with Gasteiger partial charge in [0.05, 0.1) is 26.4 Å². The van der Waals surface area contributed by atoms with E-state index in [0.717, 1.165) is 64.2 Å². The minimum Gasteiger partial charge on any atom is -0.457 e. The van der Waals surface area contributed by atoms with Gasteiger partial charge in [0.25, 0.3) is 0 Å². The number of carbonyl (C=O) groups is 1. The molecule has 0 amide bonds.